The molecule has 0 fully saturated rings. The van der Waals surface area contributed by atoms with Gasteiger partial charge in [0.2, 0.25) is 0 Å². The molecule has 0 radical (unpaired) electrons. The Labute approximate surface area is 142 Å². The van der Waals surface area contributed by atoms with Crippen molar-refractivity contribution in [1.29, 1.82) is 0 Å². The molecule has 1 aliphatic rings. The van der Waals surface area contributed by atoms with Crippen LogP contribution in [0.25, 0.3) is 11.0 Å². The molecule has 2 amide bonds. The number of imide groups is 1. The topological polar surface area (TPSA) is 95.5 Å². The van der Waals surface area contributed by atoms with Crippen molar-refractivity contribution >= 4 is 22.8 Å². The van der Waals surface area contributed by atoms with Crippen LogP contribution in [0.15, 0.2) is 42.6 Å². The second-order valence-electron chi connectivity index (χ2n) is 5.78. The molecule has 0 saturated carbocycles. The Hall–Kier alpha value is -3.19. The van der Waals surface area contributed by atoms with E-state index in [1.807, 2.05) is 0 Å². The van der Waals surface area contributed by atoms with Gasteiger partial charge in [-0.05, 0) is 24.3 Å². The molecular weight excluding hydrogens is 322 g/mol. The summed E-state index contributed by atoms with van der Waals surface area (Å²) in [4.78, 5) is 33.1. The minimum atomic E-state index is -1.05. The van der Waals surface area contributed by atoms with Crippen LogP contribution in [-0.4, -0.2) is 45.4 Å². The number of amides is 2. The van der Waals surface area contributed by atoms with Crippen molar-refractivity contribution in [2.75, 3.05) is 13.7 Å². The summed E-state index contributed by atoms with van der Waals surface area (Å²) in [5.41, 5.74) is 1.75. The predicted octanol–water partition coefficient (Wildman–Crippen LogP) is 1.90. The highest BCUT2D eigenvalue weighted by Crippen LogP contribution is 2.29. The van der Waals surface area contributed by atoms with E-state index in [-0.39, 0.29) is 6.54 Å². The fraction of sp³-hybridized carbons (Fsp3) is 0.167. The molecule has 1 atom stereocenters. The number of ether oxygens (including phenoxy) is 1. The van der Waals surface area contributed by atoms with Crippen molar-refractivity contribution in [3.05, 3.63) is 59.4 Å². The fourth-order valence-electron chi connectivity index (χ4n) is 3.06. The highest BCUT2D eigenvalue weighted by atomic mass is 16.5. The minimum absolute atomic E-state index is 0.137. The first-order chi connectivity index (χ1) is 12.1. The number of fused-ring (bicyclic) bond motifs is 2. The molecule has 1 aromatic carbocycles. The molecular formula is C18H15N3O4. The Morgan fingerprint density at radius 1 is 1.20 bits per heavy atom. The summed E-state index contributed by atoms with van der Waals surface area (Å²) in [5.74, 6) is -0.168. The third-order valence-electron chi connectivity index (χ3n) is 4.33. The Bertz CT molecular complexity index is 960. The number of hydrogen-bond donors (Lipinski definition) is 2. The van der Waals surface area contributed by atoms with E-state index in [0.29, 0.717) is 28.2 Å². The van der Waals surface area contributed by atoms with Crippen molar-refractivity contribution in [2.24, 2.45) is 0 Å². The summed E-state index contributed by atoms with van der Waals surface area (Å²) in [7, 11) is 1.55. The first-order valence-corrected chi connectivity index (χ1v) is 7.75. The maximum absolute atomic E-state index is 12.4. The lowest BCUT2D eigenvalue weighted by atomic mass is 10.1. The number of hydrogen-bond acceptors (Lipinski definition) is 5. The Morgan fingerprint density at radius 2 is 1.88 bits per heavy atom. The van der Waals surface area contributed by atoms with E-state index in [4.69, 9.17) is 4.74 Å². The molecule has 3 heterocycles. The number of nitrogens with zero attached hydrogens (tertiary/aromatic N) is 2. The van der Waals surface area contributed by atoms with Gasteiger partial charge in [0.25, 0.3) is 11.8 Å². The first kappa shape index (κ1) is 15.3. The standard InChI is InChI=1S/C18H15N3O4/c1-25-15-6-7-19-16-12(15)8-13(20-16)14(22)9-21-17(23)10-4-2-3-5-11(10)18(21)24/h2-8,14,22H,9H2,1H3,(H,19,20)/t14-/m1/s1. The molecule has 126 valence electrons. The van der Waals surface area contributed by atoms with Gasteiger partial charge in [0.15, 0.2) is 0 Å². The highest BCUT2D eigenvalue weighted by molar-refractivity contribution is 6.21. The lowest BCUT2D eigenvalue weighted by molar-refractivity contribution is 0.0539. The lowest BCUT2D eigenvalue weighted by Gasteiger charge is -2.17. The van der Waals surface area contributed by atoms with Gasteiger partial charge in [0.1, 0.15) is 17.5 Å². The van der Waals surface area contributed by atoms with E-state index in [9.17, 15) is 14.7 Å². The van der Waals surface area contributed by atoms with Crippen molar-refractivity contribution in [3.63, 3.8) is 0 Å². The van der Waals surface area contributed by atoms with Crippen LogP contribution in [0.2, 0.25) is 0 Å². The maximum Gasteiger partial charge on any atom is 0.261 e. The second kappa shape index (κ2) is 5.71. The van der Waals surface area contributed by atoms with Crippen LogP contribution in [0.5, 0.6) is 5.75 Å². The van der Waals surface area contributed by atoms with Crippen LogP contribution in [-0.2, 0) is 0 Å². The molecule has 7 heteroatoms. The van der Waals surface area contributed by atoms with Gasteiger partial charge >= 0.3 is 0 Å². The number of rotatable bonds is 4. The summed E-state index contributed by atoms with van der Waals surface area (Å²) in [6, 6.07) is 10.1. The Kier molecular flexibility index (Phi) is 3.51. The van der Waals surface area contributed by atoms with E-state index < -0.39 is 17.9 Å². The van der Waals surface area contributed by atoms with Gasteiger partial charge in [-0.1, -0.05) is 12.1 Å². The minimum Gasteiger partial charge on any atom is -0.496 e. The summed E-state index contributed by atoms with van der Waals surface area (Å²) in [5, 5.41) is 11.2. The van der Waals surface area contributed by atoms with Gasteiger partial charge in [-0.25, -0.2) is 4.98 Å². The van der Waals surface area contributed by atoms with Crippen LogP contribution >= 0.6 is 0 Å². The quantitative estimate of drug-likeness (QED) is 0.709. The van der Waals surface area contributed by atoms with Gasteiger partial charge < -0.3 is 14.8 Å². The second-order valence-corrected chi connectivity index (χ2v) is 5.78. The lowest BCUT2D eigenvalue weighted by Crippen LogP contribution is -2.33. The fourth-order valence-corrected chi connectivity index (χ4v) is 3.06. The van der Waals surface area contributed by atoms with Gasteiger partial charge in [0.05, 0.1) is 30.2 Å². The molecule has 0 bridgehead atoms. The number of nitrogens with one attached hydrogen (secondary N) is 1. The molecule has 0 aliphatic carbocycles. The molecule has 0 unspecified atom stereocenters. The molecule has 7 nitrogen and oxygen atoms in total. The molecule has 0 saturated heterocycles. The molecule has 2 aromatic heterocycles. The SMILES string of the molecule is COc1ccnc2[nH]c([C@H](O)CN3C(=O)c4ccccc4C3=O)cc12. The van der Waals surface area contributed by atoms with Gasteiger partial charge in [-0.3, -0.25) is 14.5 Å². The van der Waals surface area contributed by atoms with Gasteiger partial charge in [-0.15, -0.1) is 0 Å². The molecule has 0 spiro atoms. The molecule has 3 aromatic rings. The van der Waals surface area contributed by atoms with Crippen LogP contribution in [0.1, 0.15) is 32.5 Å². The Balaban J connectivity index is 1.62. The summed E-state index contributed by atoms with van der Waals surface area (Å²) in [6.07, 6.45) is 0.541. The molecule has 2 N–H and O–H groups in total. The average molecular weight is 337 g/mol. The maximum atomic E-state index is 12.4. The molecule has 1 aliphatic heterocycles. The number of carbonyl (C=O) groups is 2. The zero-order valence-corrected chi connectivity index (χ0v) is 13.4. The zero-order valence-electron chi connectivity index (χ0n) is 13.4. The average Bonchev–Trinajstić information content (AvgIpc) is 3.17. The number of β-amino-alcohol motifs (C(OH)–C–C–N with tert-alkyl or cyclic N) is 1. The Morgan fingerprint density at radius 3 is 2.52 bits per heavy atom. The van der Waals surface area contributed by atoms with E-state index >= 15 is 0 Å². The van der Waals surface area contributed by atoms with Crippen molar-refractivity contribution in [2.45, 2.75) is 6.10 Å². The smallest absolute Gasteiger partial charge is 0.261 e. The summed E-state index contributed by atoms with van der Waals surface area (Å²) >= 11 is 0. The van der Waals surface area contributed by atoms with Crippen molar-refractivity contribution < 1.29 is 19.4 Å². The first-order valence-electron chi connectivity index (χ1n) is 7.75. The largest absolute Gasteiger partial charge is 0.496 e. The summed E-state index contributed by atoms with van der Waals surface area (Å²) in [6.45, 7) is -0.137. The predicted molar refractivity (Wildman–Crippen MR) is 89.4 cm³/mol. The number of carbonyl (C=O) groups excluding carboxylic acids is 2. The van der Waals surface area contributed by atoms with Crippen LogP contribution in [0, 0.1) is 0 Å². The monoisotopic (exact) mass is 337 g/mol. The number of H-pyrrole nitrogens is 1. The van der Waals surface area contributed by atoms with E-state index in [1.54, 1.807) is 49.7 Å². The number of pyridine rings is 1. The number of aromatic amines is 1. The highest BCUT2D eigenvalue weighted by Gasteiger charge is 2.36. The third kappa shape index (κ3) is 2.36. The van der Waals surface area contributed by atoms with E-state index in [1.165, 1.54) is 0 Å². The van der Waals surface area contributed by atoms with Crippen molar-refractivity contribution in [3.8, 4) is 5.75 Å². The number of aliphatic hydroxyl groups is 1. The zero-order chi connectivity index (χ0) is 17.6. The van der Waals surface area contributed by atoms with Crippen molar-refractivity contribution in [1.82, 2.24) is 14.9 Å². The third-order valence-corrected chi connectivity index (χ3v) is 4.33. The number of aliphatic hydroxyl groups excluding tert-OH is 1. The van der Waals surface area contributed by atoms with Crippen LogP contribution < -0.4 is 4.74 Å². The van der Waals surface area contributed by atoms with Crippen LogP contribution in [0.3, 0.4) is 0 Å². The summed E-state index contributed by atoms with van der Waals surface area (Å²) < 4.78 is 5.27. The van der Waals surface area contributed by atoms with Crippen LogP contribution in [0.4, 0.5) is 0 Å². The number of aromatic nitrogens is 2. The molecule has 25 heavy (non-hydrogen) atoms. The van der Waals surface area contributed by atoms with E-state index in [2.05, 4.69) is 9.97 Å². The normalized spacial score (nSPS) is 14.9. The van der Waals surface area contributed by atoms with Gasteiger partial charge in [-0.2, -0.15) is 0 Å². The number of methoxy groups -OCH3 is 1. The number of benzene rings is 1. The van der Waals surface area contributed by atoms with E-state index in [0.717, 1.165) is 10.3 Å². The molecule has 4 rings (SSSR count). The van der Waals surface area contributed by atoms with Gasteiger partial charge in [0, 0.05) is 11.9 Å².